The molecule has 0 atom stereocenters. The number of unbranched alkanes of at least 4 members (excludes halogenated alkanes) is 1. The Morgan fingerprint density at radius 3 is 2.69 bits per heavy atom. The largest absolute Gasteiger partial charge is 0.492 e. The molecule has 0 saturated carbocycles. The van der Waals surface area contributed by atoms with Crippen LogP contribution in [0.15, 0.2) is 40.7 Å². The van der Waals surface area contributed by atoms with E-state index in [4.69, 9.17) is 4.74 Å². The van der Waals surface area contributed by atoms with Gasteiger partial charge in [0, 0.05) is 24.2 Å². The zero-order valence-corrected chi connectivity index (χ0v) is 18.7. The molecule has 0 radical (unpaired) electrons. The molecule has 1 aromatic heterocycles. The number of aryl methyl sites for hydroxylation is 2. The summed E-state index contributed by atoms with van der Waals surface area (Å²) in [6.07, 6.45) is 3.23. The Morgan fingerprint density at radius 1 is 1.19 bits per heavy atom. The number of thiazole rings is 1. The molecule has 0 aliphatic heterocycles. The molecule has 2 N–H and O–H groups in total. The van der Waals surface area contributed by atoms with Gasteiger partial charge in [0.25, 0.3) is 0 Å². The normalized spacial score (nSPS) is 10.9. The van der Waals surface area contributed by atoms with Gasteiger partial charge in [-0.3, -0.25) is 4.99 Å². The van der Waals surface area contributed by atoms with Gasteiger partial charge in [-0.15, -0.1) is 35.3 Å². The highest BCUT2D eigenvalue weighted by Gasteiger charge is 2.00. The van der Waals surface area contributed by atoms with Gasteiger partial charge < -0.3 is 15.4 Å². The van der Waals surface area contributed by atoms with Crippen LogP contribution in [0.4, 0.5) is 0 Å². The third-order valence-corrected chi connectivity index (χ3v) is 4.51. The third kappa shape index (κ3) is 9.38. The van der Waals surface area contributed by atoms with Crippen LogP contribution in [0, 0.1) is 6.92 Å². The van der Waals surface area contributed by atoms with E-state index < -0.39 is 0 Å². The van der Waals surface area contributed by atoms with E-state index in [1.54, 1.807) is 11.3 Å². The minimum absolute atomic E-state index is 0. The van der Waals surface area contributed by atoms with E-state index in [-0.39, 0.29) is 24.0 Å². The minimum atomic E-state index is 0. The predicted octanol–water partition coefficient (Wildman–Crippen LogP) is 4.03. The van der Waals surface area contributed by atoms with Crippen molar-refractivity contribution in [3.05, 3.63) is 46.4 Å². The van der Waals surface area contributed by atoms with E-state index >= 15 is 0 Å². The topological polar surface area (TPSA) is 58.5 Å². The number of hydrogen-bond donors (Lipinski definition) is 2. The number of nitrogens with zero attached hydrogens (tertiary/aromatic N) is 2. The maximum atomic E-state index is 5.68. The fourth-order valence-corrected chi connectivity index (χ4v) is 3.11. The van der Waals surface area contributed by atoms with Crippen molar-refractivity contribution in [1.29, 1.82) is 0 Å². The minimum Gasteiger partial charge on any atom is -0.492 e. The van der Waals surface area contributed by atoms with Crippen LogP contribution in [0.3, 0.4) is 0 Å². The Bertz CT molecular complexity index is 633. The number of hydrogen-bond acceptors (Lipinski definition) is 4. The summed E-state index contributed by atoms with van der Waals surface area (Å²) in [7, 11) is 0. The molecular weight excluding hydrogens is 459 g/mol. The molecular formula is C19H29IN4OS. The van der Waals surface area contributed by atoms with Gasteiger partial charge in [-0.2, -0.15) is 0 Å². The lowest BCUT2D eigenvalue weighted by atomic mass is 10.2. The first kappa shape index (κ1) is 22.7. The van der Waals surface area contributed by atoms with Gasteiger partial charge in [-0.25, -0.2) is 4.98 Å². The maximum Gasteiger partial charge on any atom is 0.191 e. The summed E-state index contributed by atoms with van der Waals surface area (Å²) in [6, 6.07) is 9.85. The number of aromatic nitrogens is 1. The van der Waals surface area contributed by atoms with E-state index in [0.29, 0.717) is 6.61 Å². The van der Waals surface area contributed by atoms with Crippen LogP contribution in [0.5, 0.6) is 5.75 Å². The lowest BCUT2D eigenvalue weighted by molar-refractivity contribution is 0.322. The number of ether oxygens (including phenoxy) is 1. The van der Waals surface area contributed by atoms with Crippen LogP contribution >= 0.6 is 35.3 Å². The third-order valence-electron chi connectivity index (χ3n) is 3.49. The molecule has 1 aromatic carbocycles. The maximum absolute atomic E-state index is 5.68. The second-order valence-electron chi connectivity index (χ2n) is 5.69. The van der Waals surface area contributed by atoms with Gasteiger partial charge in [-0.1, -0.05) is 18.2 Å². The molecule has 0 bridgehead atoms. The monoisotopic (exact) mass is 488 g/mol. The average Bonchev–Trinajstić information content (AvgIpc) is 3.04. The lowest BCUT2D eigenvalue weighted by Crippen LogP contribution is -2.39. The van der Waals surface area contributed by atoms with Crippen molar-refractivity contribution in [2.45, 2.75) is 33.1 Å². The van der Waals surface area contributed by atoms with Crippen LogP contribution < -0.4 is 15.4 Å². The van der Waals surface area contributed by atoms with E-state index in [2.05, 4.69) is 32.9 Å². The molecule has 0 fully saturated rings. The Balaban J connectivity index is 0.00000338. The van der Waals surface area contributed by atoms with E-state index in [0.717, 1.165) is 56.3 Å². The molecule has 0 aliphatic rings. The van der Waals surface area contributed by atoms with Crippen molar-refractivity contribution < 1.29 is 4.74 Å². The number of nitrogens with one attached hydrogen (secondary N) is 2. The van der Waals surface area contributed by atoms with Crippen LogP contribution in [-0.2, 0) is 6.42 Å². The van der Waals surface area contributed by atoms with Crippen molar-refractivity contribution >= 4 is 41.3 Å². The van der Waals surface area contributed by atoms with Crippen molar-refractivity contribution in [2.75, 3.05) is 26.2 Å². The highest BCUT2D eigenvalue weighted by atomic mass is 127. The van der Waals surface area contributed by atoms with Crippen LogP contribution in [0.2, 0.25) is 0 Å². The SMILES string of the molecule is CCNC(=NCCCCc1nc(C)cs1)NCCOc1ccccc1.I. The quantitative estimate of drug-likeness (QED) is 0.230. The second-order valence-corrected chi connectivity index (χ2v) is 6.63. The fraction of sp³-hybridized carbons (Fsp3) is 0.474. The summed E-state index contributed by atoms with van der Waals surface area (Å²) in [6.45, 7) is 7.11. The Morgan fingerprint density at radius 2 is 2.00 bits per heavy atom. The second kappa shape index (κ2) is 13.8. The van der Waals surface area contributed by atoms with Crippen LogP contribution in [-0.4, -0.2) is 37.2 Å². The van der Waals surface area contributed by atoms with Gasteiger partial charge in [0.1, 0.15) is 12.4 Å². The molecule has 0 saturated heterocycles. The van der Waals surface area contributed by atoms with E-state index in [1.807, 2.05) is 37.3 Å². The Hall–Kier alpha value is -1.35. The predicted molar refractivity (Wildman–Crippen MR) is 121 cm³/mol. The molecule has 0 unspecified atom stereocenters. The number of benzene rings is 1. The zero-order chi connectivity index (χ0) is 17.7. The van der Waals surface area contributed by atoms with Gasteiger partial charge in [0.15, 0.2) is 5.96 Å². The molecule has 2 rings (SSSR count). The number of para-hydroxylation sites is 1. The van der Waals surface area contributed by atoms with Gasteiger partial charge in [0.2, 0.25) is 0 Å². The number of rotatable bonds is 10. The first-order chi connectivity index (χ1) is 12.3. The van der Waals surface area contributed by atoms with E-state index in [1.165, 1.54) is 5.01 Å². The summed E-state index contributed by atoms with van der Waals surface area (Å²) >= 11 is 1.75. The molecule has 0 aliphatic carbocycles. The van der Waals surface area contributed by atoms with Crippen LogP contribution in [0.1, 0.15) is 30.5 Å². The Labute approximate surface area is 177 Å². The number of halogens is 1. The van der Waals surface area contributed by atoms with Crippen molar-refractivity contribution in [1.82, 2.24) is 15.6 Å². The standard InChI is InChI=1S/C19H28N4OS.HI/c1-3-20-19(22-13-14-24-17-9-5-4-6-10-17)21-12-8-7-11-18-23-16(2)15-25-18;/h4-6,9-10,15H,3,7-8,11-14H2,1-2H3,(H2,20,21,22);1H. The summed E-state index contributed by atoms with van der Waals surface area (Å²) < 4.78 is 5.68. The van der Waals surface area contributed by atoms with Gasteiger partial charge >= 0.3 is 0 Å². The first-order valence-corrected chi connectivity index (χ1v) is 9.77. The summed E-state index contributed by atoms with van der Waals surface area (Å²) in [5.74, 6) is 1.74. The highest BCUT2D eigenvalue weighted by Crippen LogP contribution is 2.11. The molecule has 2 aromatic rings. The Kier molecular flexibility index (Phi) is 12.0. The lowest BCUT2D eigenvalue weighted by Gasteiger charge is -2.12. The first-order valence-electron chi connectivity index (χ1n) is 8.89. The molecule has 7 heteroatoms. The average molecular weight is 488 g/mol. The van der Waals surface area contributed by atoms with Crippen molar-refractivity contribution in [3.8, 4) is 5.75 Å². The summed E-state index contributed by atoms with van der Waals surface area (Å²) in [5, 5.41) is 9.91. The zero-order valence-electron chi connectivity index (χ0n) is 15.5. The smallest absolute Gasteiger partial charge is 0.191 e. The van der Waals surface area contributed by atoms with E-state index in [9.17, 15) is 0 Å². The molecule has 144 valence electrons. The molecule has 26 heavy (non-hydrogen) atoms. The molecule has 5 nitrogen and oxygen atoms in total. The number of aliphatic imine (C=N–C) groups is 1. The molecule has 0 spiro atoms. The highest BCUT2D eigenvalue weighted by molar-refractivity contribution is 14.0. The van der Waals surface area contributed by atoms with Gasteiger partial charge in [-0.05, 0) is 45.2 Å². The van der Waals surface area contributed by atoms with Crippen molar-refractivity contribution in [3.63, 3.8) is 0 Å². The molecule has 1 heterocycles. The summed E-state index contributed by atoms with van der Waals surface area (Å²) in [4.78, 5) is 9.11. The summed E-state index contributed by atoms with van der Waals surface area (Å²) in [5.41, 5.74) is 1.12. The van der Waals surface area contributed by atoms with Crippen LogP contribution in [0.25, 0.3) is 0 Å². The fourth-order valence-electron chi connectivity index (χ4n) is 2.29. The number of guanidine groups is 1. The van der Waals surface area contributed by atoms with Gasteiger partial charge in [0.05, 0.1) is 11.6 Å². The molecule has 0 amide bonds. The van der Waals surface area contributed by atoms with Crippen molar-refractivity contribution in [2.24, 2.45) is 4.99 Å².